The highest BCUT2D eigenvalue weighted by Crippen LogP contribution is 2.25. The highest BCUT2D eigenvalue weighted by molar-refractivity contribution is 7.97. The number of methoxy groups -OCH3 is 1. The topological polar surface area (TPSA) is 59.8 Å². The maximum Gasteiger partial charge on any atom is 0.289 e. The molecule has 0 spiro atoms. The van der Waals surface area contributed by atoms with E-state index in [-0.39, 0.29) is 23.4 Å². The average Bonchev–Trinajstić information content (AvgIpc) is 3.15. The van der Waals surface area contributed by atoms with Gasteiger partial charge < -0.3 is 14.1 Å². The van der Waals surface area contributed by atoms with Gasteiger partial charge in [0.05, 0.1) is 12.9 Å². The molecule has 1 saturated heterocycles. The van der Waals surface area contributed by atoms with Crippen molar-refractivity contribution in [3.05, 3.63) is 53.2 Å². The number of rotatable bonds is 6. The molecule has 1 aliphatic heterocycles. The maximum absolute atomic E-state index is 13.9. The molecule has 2 aromatic rings. The Kier molecular flexibility index (Phi) is 6.21. The largest absolute Gasteiger partial charge is 0.494 e. The molecule has 7 heteroatoms. The molecule has 1 aromatic carbocycles. The highest BCUT2D eigenvalue weighted by atomic mass is 32.2. The van der Waals surface area contributed by atoms with Gasteiger partial charge in [-0.1, -0.05) is 0 Å². The van der Waals surface area contributed by atoms with E-state index in [0.717, 1.165) is 12.2 Å². The third kappa shape index (κ3) is 4.35. The van der Waals surface area contributed by atoms with Crippen molar-refractivity contribution in [3.8, 4) is 5.75 Å². The molecule has 0 N–H and O–H groups in total. The first-order valence-electron chi connectivity index (χ1n) is 8.78. The van der Waals surface area contributed by atoms with Crippen LogP contribution in [0.4, 0.5) is 4.39 Å². The van der Waals surface area contributed by atoms with Crippen LogP contribution >= 0.6 is 11.8 Å². The van der Waals surface area contributed by atoms with E-state index >= 15 is 0 Å². The van der Waals surface area contributed by atoms with E-state index in [4.69, 9.17) is 9.15 Å². The van der Waals surface area contributed by atoms with Gasteiger partial charge in [0.15, 0.2) is 23.1 Å². The lowest BCUT2D eigenvalue weighted by Gasteiger charge is -2.31. The van der Waals surface area contributed by atoms with Crippen LogP contribution in [0.3, 0.4) is 0 Å². The fourth-order valence-corrected chi connectivity index (χ4v) is 3.74. The van der Waals surface area contributed by atoms with E-state index < -0.39 is 5.82 Å². The molecular formula is C20H22FNO4S. The first kappa shape index (κ1) is 19.5. The monoisotopic (exact) mass is 391 g/mol. The Hall–Kier alpha value is -2.28. The first-order chi connectivity index (χ1) is 13.0. The van der Waals surface area contributed by atoms with Crippen LogP contribution in [-0.2, 0) is 5.75 Å². The van der Waals surface area contributed by atoms with Crippen molar-refractivity contribution in [2.75, 3.05) is 26.5 Å². The predicted octanol–water partition coefficient (Wildman–Crippen LogP) is 4.03. The van der Waals surface area contributed by atoms with Gasteiger partial charge in [-0.2, -0.15) is 11.8 Å². The minimum Gasteiger partial charge on any atom is -0.494 e. The normalized spacial score (nSPS) is 17.0. The standard InChI is InChI=1S/C20H22FNO4S/c1-25-17-7-5-13(10-16(17)21)19(23)14-4-3-9-22(11-14)20(24)18-8-6-15(26-18)12-27-2/h5-8,10,14H,3-4,9,11-12H2,1-2H3/t14-/m0/s1. The second-order valence-electron chi connectivity index (χ2n) is 6.50. The van der Waals surface area contributed by atoms with Gasteiger partial charge in [-0.3, -0.25) is 9.59 Å². The number of nitrogens with zero attached hydrogens (tertiary/aromatic N) is 1. The van der Waals surface area contributed by atoms with E-state index in [0.29, 0.717) is 36.6 Å². The highest BCUT2D eigenvalue weighted by Gasteiger charge is 2.31. The molecule has 27 heavy (non-hydrogen) atoms. The Balaban J connectivity index is 1.70. The van der Waals surface area contributed by atoms with Gasteiger partial charge in [-0.05, 0) is 49.4 Å². The summed E-state index contributed by atoms with van der Waals surface area (Å²) < 4.78 is 24.4. The SMILES string of the molecule is COc1ccc(C(=O)[C@H]2CCCN(C(=O)c3ccc(CSC)o3)C2)cc1F. The van der Waals surface area contributed by atoms with Crippen molar-refractivity contribution < 1.29 is 23.1 Å². The van der Waals surface area contributed by atoms with Crippen LogP contribution in [0.2, 0.25) is 0 Å². The zero-order valence-corrected chi connectivity index (χ0v) is 16.2. The zero-order chi connectivity index (χ0) is 19.4. The predicted molar refractivity (Wildman–Crippen MR) is 102 cm³/mol. The average molecular weight is 391 g/mol. The van der Waals surface area contributed by atoms with Gasteiger partial charge in [0.25, 0.3) is 5.91 Å². The fourth-order valence-electron chi connectivity index (χ4n) is 3.30. The van der Waals surface area contributed by atoms with Gasteiger partial charge >= 0.3 is 0 Å². The van der Waals surface area contributed by atoms with E-state index in [9.17, 15) is 14.0 Å². The molecule has 0 unspecified atom stereocenters. The molecule has 5 nitrogen and oxygen atoms in total. The Morgan fingerprint density at radius 3 is 2.85 bits per heavy atom. The molecule has 1 aliphatic rings. The summed E-state index contributed by atoms with van der Waals surface area (Å²) in [5, 5.41) is 0. The van der Waals surface area contributed by atoms with Gasteiger partial charge in [-0.25, -0.2) is 4.39 Å². The molecular weight excluding hydrogens is 369 g/mol. The summed E-state index contributed by atoms with van der Waals surface area (Å²) in [6.07, 6.45) is 3.36. The number of piperidine rings is 1. The quantitative estimate of drug-likeness (QED) is 0.696. The smallest absolute Gasteiger partial charge is 0.289 e. The number of carbonyl (C=O) groups excluding carboxylic acids is 2. The lowest BCUT2D eigenvalue weighted by atomic mass is 9.90. The Bertz CT molecular complexity index is 835. The van der Waals surface area contributed by atoms with Gasteiger partial charge in [-0.15, -0.1) is 0 Å². The van der Waals surface area contributed by atoms with Crippen LogP contribution in [0.1, 0.15) is 39.5 Å². The zero-order valence-electron chi connectivity index (χ0n) is 15.4. The van der Waals surface area contributed by atoms with Crippen molar-refractivity contribution in [1.82, 2.24) is 4.90 Å². The number of carbonyl (C=O) groups is 2. The lowest BCUT2D eigenvalue weighted by Crippen LogP contribution is -2.42. The van der Waals surface area contributed by atoms with Crippen LogP contribution in [0.5, 0.6) is 5.75 Å². The number of benzene rings is 1. The van der Waals surface area contributed by atoms with E-state index in [1.807, 2.05) is 6.26 Å². The van der Waals surface area contributed by atoms with Crippen molar-refractivity contribution in [2.24, 2.45) is 5.92 Å². The molecule has 3 rings (SSSR count). The third-order valence-corrected chi connectivity index (χ3v) is 5.25. The third-order valence-electron chi connectivity index (χ3n) is 4.67. The Morgan fingerprint density at radius 1 is 1.33 bits per heavy atom. The van der Waals surface area contributed by atoms with Gasteiger partial charge in [0.1, 0.15) is 5.76 Å². The minimum absolute atomic E-state index is 0.103. The van der Waals surface area contributed by atoms with Gasteiger partial charge in [0, 0.05) is 24.6 Å². The van der Waals surface area contributed by atoms with Gasteiger partial charge in [0.2, 0.25) is 0 Å². The fraction of sp³-hybridized carbons (Fsp3) is 0.400. The van der Waals surface area contributed by atoms with E-state index in [2.05, 4.69) is 0 Å². The number of Topliss-reactive ketones (excluding diaryl/α,β-unsaturated/α-hetero) is 1. The molecule has 0 aliphatic carbocycles. The molecule has 2 heterocycles. The molecule has 0 saturated carbocycles. The summed E-state index contributed by atoms with van der Waals surface area (Å²) in [4.78, 5) is 27.1. The minimum atomic E-state index is -0.566. The maximum atomic E-state index is 13.9. The van der Waals surface area contributed by atoms with Crippen molar-refractivity contribution in [3.63, 3.8) is 0 Å². The number of likely N-dealkylation sites (tertiary alicyclic amines) is 1. The number of ketones is 1. The summed E-state index contributed by atoms with van der Waals surface area (Å²) in [6.45, 7) is 0.891. The summed E-state index contributed by atoms with van der Waals surface area (Å²) in [5.74, 6) is 0.576. The van der Waals surface area contributed by atoms with Crippen molar-refractivity contribution in [1.29, 1.82) is 0 Å². The molecule has 1 fully saturated rings. The van der Waals surface area contributed by atoms with Crippen LogP contribution < -0.4 is 4.74 Å². The van der Waals surface area contributed by atoms with E-state index in [1.54, 1.807) is 34.9 Å². The summed E-state index contributed by atoms with van der Waals surface area (Å²) in [7, 11) is 1.38. The molecule has 1 amide bonds. The second kappa shape index (κ2) is 8.61. The second-order valence-corrected chi connectivity index (χ2v) is 7.37. The molecule has 1 aromatic heterocycles. The lowest BCUT2D eigenvalue weighted by molar-refractivity contribution is 0.0609. The number of halogens is 1. The number of ether oxygens (including phenoxy) is 1. The van der Waals surface area contributed by atoms with Crippen LogP contribution in [0.25, 0.3) is 0 Å². The Labute approximate surface area is 161 Å². The number of hydrogen-bond donors (Lipinski definition) is 0. The molecule has 1 atom stereocenters. The number of furan rings is 1. The number of hydrogen-bond acceptors (Lipinski definition) is 5. The van der Waals surface area contributed by atoms with Crippen LogP contribution in [0.15, 0.2) is 34.7 Å². The van der Waals surface area contributed by atoms with E-state index in [1.165, 1.54) is 19.2 Å². The molecule has 0 bridgehead atoms. The number of amides is 1. The number of thioether (sulfide) groups is 1. The van der Waals surface area contributed by atoms with Crippen molar-refractivity contribution in [2.45, 2.75) is 18.6 Å². The Morgan fingerprint density at radius 2 is 2.15 bits per heavy atom. The molecule has 144 valence electrons. The molecule has 0 radical (unpaired) electrons. The summed E-state index contributed by atoms with van der Waals surface area (Å²) >= 11 is 1.62. The van der Waals surface area contributed by atoms with Crippen LogP contribution in [0, 0.1) is 11.7 Å². The first-order valence-corrected chi connectivity index (χ1v) is 10.2. The summed E-state index contributed by atoms with van der Waals surface area (Å²) in [6, 6.07) is 7.69. The van der Waals surface area contributed by atoms with Crippen LogP contribution in [-0.4, -0.2) is 43.0 Å². The van der Waals surface area contributed by atoms with Crippen molar-refractivity contribution >= 4 is 23.5 Å². The summed E-state index contributed by atoms with van der Waals surface area (Å²) in [5.41, 5.74) is 0.299.